The number of hydrogen-bond donors (Lipinski definition) is 1. The Bertz CT molecular complexity index is 181. The van der Waals surface area contributed by atoms with Gasteiger partial charge in [-0.3, -0.25) is 9.59 Å². The molecule has 1 aliphatic rings. The van der Waals surface area contributed by atoms with Crippen molar-refractivity contribution in [2.24, 2.45) is 11.7 Å². The first-order chi connectivity index (χ1) is 5.15. The van der Waals surface area contributed by atoms with Gasteiger partial charge < -0.3 is 10.6 Å². The third-order valence-electron chi connectivity index (χ3n) is 2.01. The number of rotatable bonds is 2. The van der Waals surface area contributed by atoms with Crippen LogP contribution in [-0.4, -0.2) is 29.8 Å². The van der Waals surface area contributed by atoms with Gasteiger partial charge >= 0.3 is 0 Å². The van der Waals surface area contributed by atoms with Crippen LogP contribution < -0.4 is 5.73 Å². The van der Waals surface area contributed by atoms with E-state index in [2.05, 4.69) is 0 Å². The maximum Gasteiger partial charge on any atom is 0.240 e. The Morgan fingerprint density at radius 1 is 1.73 bits per heavy atom. The molecule has 0 radical (unpaired) electrons. The Morgan fingerprint density at radius 3 is 2.73 bits per heavy atom. The molecule has 1 fully saturated rings. The van der Waals surface area contributed by atoms with E-state index < -0.39 is 5.91 Å². The van der Waals surface area contributed by atoms with Crippen molar-refractivity contribution in [1.82, 2.24) is 4.90 Å². The molecule has 2 unspecified atom stereocenters. The van der Waals surface area contributed by atoms with Crippen LogP contribution in [0, 0.1) is 5.92 Å². The summed E-state index contributed by atoms with van der Waals surface area (Å²) in [6, 6.07) is -0.373. The molecule has 1 rings (SSSR count). The van der Waals surface area contributed by atoms with Crippen molar-refractivity contribution in [2.75, 3.05) is 6.54 Å². The first-order valence-electron chi connectivity index (χ1n) is 3.65. The van der Waals surface area contributed by atoms with Crippen molar-refractivity contribution in [2.45, 2.75) is 19.4 Å². The van der Waals surface area contributed by atoms with Crippen LogP contribution in [0.1, 0.15) is 13.3 Å². The van der Waals surface area contributed by atoms with Crippen molar-refractivity contribution >= 4 is 12.3 Å². The van der Waals surface area contributed by atoms with Crippen LogP contribution in [0.4, 0.5) is 0 Å². The van der Waals surface area contributed by atoms with Gasteiger partial charge in [0.25, 0.3) is 0 Å². The zero-order valence-electron chi connectivity index (χ0n) is 6.49. The molecule has 1 saturated heterocycles. The summed E-state index contributed by atoms with van der Waals surface area (Å²) < 4.78 is 0. The number of nitrogens with two attached hydrogens (primary N) is 1. The van der Waals surface area contributed by atoms with E-state index in [0.717, 1.165) is 0 Å². The van der Waals surface area contributed by atoms with Crippen LogP contribution in [0.2, 0.25) is 0 Å². The fourth-order valence-electron chi connectivity index (χ4n) is 1.47. The van der Waals surface area contributed by atoms with Gasteiger partial charge in [-0.15, -0.1) is 0 Å². The third kappa shape index (κ3) is 1.50. The zero-order chi connectivity index (χ0) is 8.43. The molecule has 2 atom stereocenters. The predicted octanol–water partition coefficient (Wildman–Crippen LogP) is -0.662. The molecule has 0 spiro atoms. The Morgan fingerprint density at radius 2 is 2.36 bits per heavy atom. The lowest BCUT2D eigenvalue weighted by atomic mass is 10.1. The summed E-state index contributed by atoms with van der Waals surface area (Å²) >= 11 is 0. The second kappa shape index (κ2) is 2.90. The van der Waals surface area contributed by atoms with Crippen LogP contribution in [0.5, 0.6) is 0 Å². The van der Waals surface area contributed by atoms with Crippen molar-refractivity contribution in [3.63, 3.8) is 0 Å². The average Bonchev–Trinajstić information content (AvgIpc) is 2.30. The number of amides is 2. The minimum atomic E-state index is -0.401. The monoisotopic (exact) mass is 156 g/mol. The minimum absolute atomic E-state index is 0.373. The Labute approximate surface area is 65.3 Å². The van der Waals surface area contributed by atoms with Gasteiger partial charge in [0.05, 0.1) is 0 Å². The summed E-state index contributed by atoms with van der Waals surface area (Å²) in [5, 5.41) is 0. The quantitative estimate of drug-likeness (QED) is 0.539. The van der Waals surface area contributed by atoms with Gasteiger partial charge in [0.2, 0.25) is 12.3 Å². The second-order valence-electron chi connectivity index (χ2n) is 3.06. The van der Waals surface area contributed by atoms with Crippen LogP contribution in [0.3, 0.4) is 0 Å². The summed E-state index contributed by atoms with van der Waals surface area (Å²) in [5.74, 6) is -0.0147. The lowest BCUT2D eigenvalue weighted by Crippen LogP contribution is -2.39. The molecule has 2 N–H and O–H groups in total. The van der Waals surface area contributed by atoms with E-state index >= 15 is 0 Å². The number of carbonyl (C=O) groups is 2. The lowest BCUT2D eigenvalue weighted by Gasteiger charge is -2.15. The molecule has 0 aliphatic carbocycles. The van der Waals surface area contributed by atoms with Crippen molar-refractivity contribution in [1.29, 1.82) is 0 Å². The molecule has 0 aromatic carbocycles. The highest BCUT2D eigenvalue weighted by molar-refractivity contribution is 5.82. The van der Waals surface area contributed by atoms with E-state index in [1.807, 2.05) is 6.92 Å². The first-order valence-corrected chi connectivity index (χ1v) is 3.65. The molecule has 11 heavy (non-hydrogen) atoms. The van der Waals surface area contributed by atoms with Crippen molar-refractivity contribution in [3.8, 4) is 0 Å². The van der Waals surface area contributed by atoms with Crippen LogP contribution in [0.15, 0.2) is 0 Å². The van der Waals surface area contributed by atoms with Gasteiger partial charge in [-0.25, -0.2) is 0 Å². The first kappa shape index (κ1) is 8.04. The van der Waals surface area contributed by atoms with Gasteiger partial charge in [-0.2, -0.15) is 0 Å². The van der Waals surface area contributed by atoms with E-state index in [0.29, 0.717) is 25.3 Å². The summed E-state index contributed by atoms with van der Waals surface area (Å²) in [6.07, 6.45) is 1.40. The molecule has 0 saturated carbocycles. The summed E-state index contributed by atoms with van der Waals surface area (Å²) in [4.78, 5) is 22.6. The van der Waals surface area contributed by atoms with Crippen LogP contribution in [-0.2, 0) is 9.59 Å². The molecular weight excluding hydrogens is 144 g/mol. The minimum Gasteiger partial charge on any atom is -0.368 e. The summed E-state index contributed by atoms with van der Waals surface area (Å²) in [6.45, 7) is 2.65. The molecule has 2 amide bonds. The van der Waals surface area contributed by atoms with Crippen molar-refractivity contribution < 1.29 is 9.59 Å². The number of likely N-dealkylation sites (tertiary alicyclic amines) is 1. The average molecular weight is 156 g/mol. The van der Waals surface area contributed by atoms with Gasteiger partial charge in [0.1, 0.15) is 6.04 Å². The van der Waals surface area contributed by atoms with Crippen molar-refractivity contribution in [3.05, 3.63) is 0 Å². The van der Waals surface area contributed by atoms with E-state index in [4.69, 9.17) is 5.73 Å². The lowest BCUT2D eigenvalue weighted by molar-refractivity contribution is -0.128. The smallest absolute Gasteiger partial charge is 0.240 e. The fraction of sp³-hybridized carbons (Fsp3) is 0.714. The standard InChI is InChI=1S/C7H12N2O2/c1-5-2-6(7(8)11)9(3-5)4-10/h4-6H,2-3H2,1H3,(H2,8,11). The van der Waals surface area contributed by atoms with E-state index in [9.17, 15) is 9.59 Å². The van der Waals surface area contributed by atoms with E-state index in [1.165, 1.54) is 4.90 Å². The Kier molecular flexibility index (Phi) is 2.12. The highest BCUT2D eigenvalue weighted by atomic mass is 16.2. The largest absolute Gasteiger partial charge is 0.368 e. The van der Waals surface area contributed by atoms with Gasteiger partial charge in [0, 0.05) is 6.54 Å². The molecule has 0 aromatic heterocycles. The topological polar surface area (TPSA) is 63.4 Å². The predicted molar refractivity (Wildman–Crippen MR) is 39.5 cm³/mol. The molecule has 4 nitrogen and oxygen atoms in total. The van der Waals surface area contributed by atoms with Gasteiger partial charge in [-0.1, -0.05) is 6.92 Å². The summed E-state index contributed by atoms with van der Waals surface area (Å²) in [7, 11) is 0. The van der Waals surface area contributed by atoms with Gasteiger partial charge in [0.15, 0.2) is 0 Å². The fourth-order valence-corrected chi connectivity index (χ4v) is 1.47. The Hall–Kier alpha value is -1.06. The van der Waals surface area contributed by atoms with Gasteiger partial charge in [-0.05, 0) is 12.3 Å². The van der Waals surface area contributed by atoms with Crippen LogP contribution in [0.25, 0.3) is 0 Å². The Balaban J connectivity index is 2.64. The van der Waals surface area contributed by atoms with E-state index in [-0.39, 0.29) is 6.04 Å². The molecule has 0 bridgehead atoms. The number of nitrogens with zero attached hydrogens (tertiary/aromatic N) is 1. The van der Waals surface area contributed by atoms with Crippen LogP contribution >= 0.6 is 0 Å². The molecule has 4 heteroatoms. The normalized spacial score (nSPS) is 30.5. The SMILES string of the molecule is CC1CC(C(N)=O)N(C=O)C1. The number of hydrogen-bond acceptors (Lipinski definition) is 2. The molecule has 1 aliphatic heterocycles. The molecule has 62 valence electrons. The third-order valence-corrected chi connectivity index (χ3v) is 2.01. The second-order valence-corrected chi connectivity index (χ2v) is 3.06. The molecule has 1 heterocycles. The highest BCUT2D eigenvalue weighted by Crippen LogP contribution is 2.20. The summed E-state index contributed by atoms with van der Waals surface area (Å²) in [5.41, 5.74) is 5.09. The maximum absolute atomic E-state index is 10.7. The highest BCUT2D eigenvalue weighted by Gasteiger charge is 2.32. The molecule has 0 aromatic rings. The zero-order valence-corrected chi connectivity index (χ0v) is 6.49. The van der Waals surface area contributed by atoms with E-state index in [1.54, 1.807) is 0 Å². The molecular formula is C7H12N2O2. The number of primary amides is 1. The maximum atomic E-state index is 10.7. The number of carbonyl (C=O) groups excluding carboxylic acids is 2.